The highest BCUT2D eigenvalue weighted by Gasteiger charge is 2.36. The van der Waals surface area contributed by atoms with E-state index in [2.05, 4.69) is 45.1 Å². The first kappa shape index (κ1) is 19.9. The zero-order valence-electron chi connectivity index (χ0n) is 16.4. The normalized spacial score (nSPS) is 19.5. The van der Waals surface area contributed by atoms with Crippen molar-refractivity contribution in [1.29, 1.82) is 0 Å². The highest BCUT2D eigenvalue weighted by atomic mass is 79.9. The predicted octanol–water partition coefficient (Wildman–Crippen LogP) is 2.55. The monoisotopic (exact) mass is 461 g/mol. The van der Waals surface area contributed by atoms with Gasteiger partial charge in [0, 0.05) is 22.1 Å². The molecule has 0 radical (unpaired) electrons. The van der Waals surface area contributed by atoms with Crippen LogP contribution in [0.1, 0.15) is 25.0 Å². The number of halogens is 1. The van der Waals surface area contributed by atoms with Gasteiger partial charge in [-0.2, -0.15) is 0 Å². The van der Waals surface area contributed by atoms with E-state index in [4.69, 9.17) is 15.6 Å². The largest absolute Gasteiger partial charge is 0.442 e. The van der Waals surface area contributed by atoms with Crippen molar-refractivity contribution in [2.24, 2.45) is 0 Å². The minimum absolute atomic E-state index is 0.0769. The fraction of sp³-hybridized carbons (Fsp3) is 0.450. The summed E-state index contributed by atoms with van der Waals surface area (Å²) in [6.07, 6.45) is 1.61. The third-order valence-corrected chi connectivity index (χ3v) is 6.18. The molecule has 2 heterocycles. The summed E-state index contributed by atoms with van der Waals surface area (Å²) >= 11 is 3.65. The van der Waals surface area contributed by atoms with Crippen molar-refractivity contribution >= 4 is 33.5 Å². The number of cyclic esters (lactones) is 1. The van der Waals surface area contributed by atoms with Crippen molar-refractivity contribution in [1.82, 2.24) is 14.9 Å². The van der Waals surface area contributed by atoms with Crippen LogP contribution in [0.15, 0.2) is 22.9 Å². The molecule has 154 valence electrons. The molecular weight excluding hydrogens is 438 g/mol. The molecule has 1 fully saturated rings. The van der Waals surface area contributed by atoms with Crippen molar-refractivity contribution in [2.45, 2.75) is 31.8 Å². The van der Waals surface area contributed by atoms with Gasteiger partial charge in [-0.25, -0.2) is 14.8 Å². The summed E-state index contributed by atoms with van der Waals surface area (Å²) in [6.45, 7) is 5.42. The van der Waals surface area contributed by atoms with Gasteiger partial charge in [-0.1, -0.05) is 19.9 Å². The maximum atomic E-state index is 11.9. The van der Waals surface area contributed by atoms with E-state index in [9.17, 15) is 4.79 Å². The number of aliphatic hydroxyl groups is 1. The highest BCUT2D eigenvalue weighted by molar-refractivity contribution is 9.10. The molecule has 2 aliphatic rings. The van der Waals surface area contributed by atoms with Gasteiger partial charge in [0.1, 0.15) is 18.2 Å². The fourth-order valence-electron chi connectivity index (χ4n) is 4.22. The lowest BCUT2D eigenvalue weighted by atomic mass is 9.71. The molecule has 0 bridgehead atoms. The Labute approximate surface area is 177 Å². The average Bonchev–Trinajstić information content (AvgIpc) is 3.00. The summed E-state index contributed by atoms with van der Waals surface area (Å²) in [5, 5.41) is 12.5. The van der Waals surface area contributed by atoms with Gasteiger partial charge in [-0.15, -0.1) is 0 Å². The van der Waals surface area contributed by atoms with Crippen molar-refractivity contribution in [3.8, 4) is 11.3 Å². The Hall–Kier alpha value is -2.39. The molecule has 1 aliphatic heterocycles. The van der Waals surface area contributed by atoms with Crippen LogP contribution in [0.4, 0.5) is 16.3 Å². The second-order valence-corrected chi connectivity index (χ2v) is 8.90. The summed E-state index contributed by atoms with van der Waals surface area (Å²) < 4.78 is 6.34. The topological polar surface area (TPSA) is 114 Å². The fourth-order valence-corrected chi connectivity index (χ4v) is 4.73. The van der Waals surface area contributed by atoms with E-state index in [1.807, 2.05) is 12.1 Å². The SMILES string of the molecule is CC1(C)Cc2c(ccc(Br)c2NC[C@@H]2CN(CCO)C(=O)O2)-c2ncnc(N)c21. The van der Waals surface area contributed by atoms with E-state index in [1.165, 1.54) is 11.2 Å². The van der Waals surface area contributed by atoms with Gasteiger partial charge in [-0.3, -0.25) is 0 Å². The van der Waals surface area contributed by atoms with Gasteiger partial charge in [0.05, 0.1) is 31.1 Å². The number of hydrogen-bond donors (Lipinski definition) is 3. The minimum Gasteiger partial charge on any atom is -0.442 e. The van der Waals surface area contributed by atoms with E-state index in [1.54, 1.807) is 0 Å². The van der Waals surface area contributed by atoms with Crippen LogP contribution < -0.4 is 11.1 Å². The predicted molar refractivity (Wildman–Crippen MR) is 114 cm³/mol. The zero-order chi connectivity index (χ0) is 20.8. The third kappa shape index (κ3) is 3.53. The molecule has 4 N–H and O–H groups in total. The second kappa shape index (κ2) is 7.46. The average molecular weight is 462 g/mol. The van der Waals surface area contributed by atoms with Crippen LogP contribution in [-0.4, -0.2) is 58.4 Å². The number of carbonyl (C=O) groups excluding carboxylic acids is 1. The van der Waals surface area contributed by atoms with E-state index >= 15 is 0 Å². The standard InChI is InChI=1S/C20H24BrN5O3/c1-20(2)7-13-12(17-15(20)18(22)25-10-24-17)3-4-14(21)16(13)23-8-11-9-26(5-6-27)19(28)29-11/h3-4,10-11,23,27H,5-9H2,1-2H3,(H2,22,24,25)/t11-/m1/s1. The number of benzene rings is 1. The van der Waals surface area contributed by atoms with Gasteiger partial charge < -0.3 is 25.8 Å². The molecule has 1 aromatic carbocycles. The summed E-state index contributed by atoms with van der Waals surface area (Å²) in [7, 11) is 0. The number of ether oxygens (including phenoxy) is 1. The van der Waals surface area contributed by atoms with Crippen molar-refractivity contribution in [2.75, 3.05) is 37.3 Å². The Bertz CT molecular complexity index is 965. The number of nitrogens with one attached hydrogen (secondary N) is 1. The first-order valence-corrected chi connectivity index (χ1v) is 10.3. The Morgan fingerprint density at radius 1 is 1.41 bits per heavy atom. The lowest BCUT2D eigenvalue weighted by molar-refractivity contribution is 0.133. The summed E-state index contributed by atoms with van der Waals surface area (Å²) in [4.78, 5) is 22.1. The Morgan fingerprint density at radius 3 is 2.97 bits per heavy atom. The highest BCUT2D eigenvalue weighted by Crippen LogP contribution is 2.47. The number of β-amino-alcohol motifs (C(OH)–C–C–N with tert-alkyl or cyclic N) is 1. The number of aromatic nitrogens is 2. The number of carbonyl (C=O) groups is 1. The summed E-state index contributed by atoms with van der Waals surface area (Å²) in [5.74, 6) is 0.518. The number of rotatable bonds is 5. The number of aliphatic hydroxyl groups excluding tert-OH is 1. The summed E-state index contributed by atoms with van der Waals surface area (Å²) in [6, 6.07) is 4.03. The van der Waals surface area contributed by atoms with Gasteiger partial charge in [-0.05, 0) is 39.4 Å². The first-order valence-electron chi connectivity index (χ1n) is 9.55. The van der Waals surface area contributed by atoms with E-state index < -0.39 is 0 Å². The first-order chi connectivity index (χ1) is 13.8. The Balaban J connectivity index is 1.64. The van der Waals surface area contributed by atoms with Crippen LogP contribution in [0.25, 0.3) is 11.3 Å². The van der Waals surface area contributed by atoms with Crippen LogP contribution >= 0.6 is 15.9 Å². The van der Waals surface area contributed by atoms with Crippen LogP contribution in [0.3, 0.4) is 0 Å². The molecule has 29 heavy (non-hydrogen) atoms. The molecule has 9 heteroatoms. The molecule has 0 unspecified atom stereocenters. The van der Waals surface area contributed by atoms with Gasteiger partial charge in [0.15, 0.2) is 0 Å². The molecular formula is C20H24BrN5O3. The van der Waals surface area contributed by atoms with Crippen LogP contribution in [0, 0.1) is 0 Å². The molecule has 1 amide bonds. The third-order valence-electron chi connectivity index (χ3n) is 5.52. The zero-order valence-corrected chi connectivity index (χ0v) is 18.0. The molecule has 1 atom stereocenters. The minimum atomic E-state index is -0.387. The molecule has 2 aromatic rings. The number of amides is 1. The number of nitrogen functional groups attached to an aromatic ring is 1. The number of nitrogens with two attached hydrogens (primary N) is 1. The van der Waals surface area contributed by atoms with E-state index in [0.29, 0.717) is 18.9 Å². The maximum absolute atomic E-state index is 11.9. The van der Waals surface area contributed by atoms with Crippen LogP contribution in [0.5, 0.6) is 0 Å². The number of anilines is 2. The maximum Gasteiger partial charge on any atom is 0.410 e. The van der Waals surface area contributed by atoms with E-state index in [0.717, 1.165) is 39.0 Å². The molecule has 4 rings (SSSR count). The molecule has 1 aliphatic carbocycles. The molecule has 1 aromatic heterocycles. The Morgan fingerprint density at radius 2 is 2.21 bits per heavy atom. The van der Waals surface area contributed by atoms with Gasteiger partial charge in [0.25, 0.3) is 0 Å². The quantitative estimate of drug-likeness (QED) is 0.626. The lowest BCUT2D eigenvalue weighted by Gasteiger charge is -2.35. The lowest BCUT2D eigenvalue weighted by Crippen LogP contribution is -2.31. The van der Waals surface area contributed by atoms with Crippen molar-refractivity contribution < 1.29 is 14.6 Å². The summed E-state index contributed by atoms with van der Waals surface area (Å²) in [5.41, 5.74) is 11.0. The number of hydrogen-bond acceptors (Lipinski definition) is 7. The molecule has 0 saturated carbocycles. The smallest absolute Gasteiger partial charge is 0.410 e. The van der Waals surface area contributed by atoms with Crippen molar-refractivity contribution in [3.05, 3.63) is 34.1 Å². The molecule has 1 saturated heterocycles. The van der Waals surface area contributed by atoms with Crippen LogP contribution in [-0.2, 0) is 16.6 Å². The number of fused-ring (bicyclic) bond motifs is 3. The van der Waals surface area contributed by atoms with E-state index in [-0.39, 0.29) is 30.8 Å². The van der Waals surface area contributed by atoms with Crippen LogP contribution in [0.2, 0.25) is 0 Å². The number of nitrogens with zero attached hydrogens (tertiary/aromatic N) is 3. The Kier molecular flexibility index (Phi) is 5.12. The van der Waals surface area contributed by atoms with Gasteiger partial charge in [0.2, 0.25) is 0 Å². The second-order valence-electron chi connectivity index (χ2n) is 8.05. The molecule has 0 spiro atoms. The van der Waals surface area contributed by atoms with Crippen molar-refractivity contribution in [3.63, 3.8) is 0 Å². The van der Waals surface area contributed by atoms with Gasteiger partial charge >= 0.3 is 6.09 Å². The molecule has 8 nitrogen and oxygen atoms in total.